The SMILES string of the molecule is CC.CC.Cc1cc(C(F)(F)F)cc(C2(O)CC2)c1C. The zero-order valence-electron chi connectivity index (χ0n) is 13.2. The van der Waals surface area contributed by atoms with E-state index in [1.54, 1.807) is 13.8 Å². The molecule has 0 amide bonds. The van der Waals surface area contributed by atoms with Gasteiger partial charge in [-0.2, -0.15) is 13.2 Å². The molecule has 0 radical (unpaired) electrons. The molecule has 1 aliphatic rings. The third-order valence-corrected chi connectivity index (χ3v) is 3.22. The summed E-state index contributed by atoms with van der Waals surface area (Å²) in [4.78, 5) is 0. The fraction of sp³-hybridized carbons (Fsp3) is 0.625. The van der Waals surface area contributed by atoms with Crippen molar-refractivity contribution in [2.45, 2.75) is 66.2 Å². The topological polar surface area (TPSA) is 20.2 Å². The standard InChI is InChI=1S/C12H13F3O.2C2H6/c1-7-5-9(12(13,14)15)6-10(8(7)2)11(16)3-4-11;2*1-2/h5-6,16H,3-4H2,1-2H3;2*1-2H3. The Labute approximate surface area is 119 Å². The molecule has 1 saturated carbocycles. The predicted molar refractivity (Wildman–Crippen MR) is 76.7 cm³/mol. The second-order valence-electron chi connectivity index (χ2n) is 4.50. The van der Waals surface area contributed by atoms with Crippen molar-refractivity contribution >= 4 is 0 Å². The minimum Gasteiger partial charge on any atom is -0.385 e. The maximum atomic E-state index is 12.6. The maximum absolute atomic E-state index is 12.6. The first-order chi connectivity index (χ1) is 9.24. The molecular formula is C16H25F3O. The number of benzene rings is 1. The highest BCUT2D eigenvalue weighted by molar-refractivity contribution is 5.44. The van der Waals surface area contributed by atoms with Crippen molar-refractivity contribution < 1.29 is 18.3 Å². The highest BCUT2D eigenvalue weighted by Gasteiger charge is 2.44. The summed E-state index contributed by atoms with van der Waals surface area (Å²) in [6.45, 7) is 11.4. The second kappa shape index (κ2) is 7.11. The first kappa shape index (κ1) is 19.0. The van der Waals surface area contributed by atoms with Crippen LogP contribution in [0.1, 0.15) is 62.8 Å². The van der Waals surface area contributed by atoms with E-state index in [9.17, 15) is 18.3 Å². The minimum atomic E-state index is -4.35. The summed E-state index contributed by atoms with van der Waals surface area (Å²) in [6, 6.07) is 2.21. The summed E-state index contributed by atoms with van der Waals surface area (Å²) < 4.78 is 37.8. The van der Waals surface area contributed by atoms with Crippen LogP contribution < -0.4 is 0 Å². The Morgan fingerprint density at radius 1 is 1.00 bits per heavy atom. The average Bonchev–Trinajstić information content (AvgIpc) is 3.15. The van der Waals surface area contributed by atoms with E-state index < -0.39 is 17.3 Å². The molecule has 1 aliphatic carbocycles. The number of aliphatic hydroxyl groups is 1. The van der Waals surface area contributed by atoms with Crippen LogP contribution in [-0.2, 0) is 11.8 Å². The summed E-state index contributed by atoms with van der Waals surface area (Å²) in [5.74, 6) is 0. The number of hydrogen-bond acceptors (Lipinski definition) is 1. The number of alkyl halides is 3. The monoisotopic (exact) mass is 290 g/mol. The van der Waals surface area contributed by atoms with Crippen LogP contribution in [-0.4, -0.2) is 5.11 Å². The molecule has 0 aromatic heterocycles. The molecule has 1 nitrogen and oxygen atoms in total. The molecule has 0 heterocycles. The Morgan fingerprint density at radius 2 is 1.45 bits per heavy atom. The molecule has 2 rings (SSSR count). The van der Waals surface area contributed by atoms with E-state index in [2.05, 4.69) is 0 Å². The molecule has 1 N–H and O–H groups in total. The van der Waals surface area contributed by atoms with E-state index >= 15 is 0 Å². The van der Waals surface area contributed by atoms with Gasteiger partial charge in [0.05, 0.1) is 11.2 Å². The lowest BCUT2D eigenvalue weighted by Gasteiger charge is -2.17. The van der Waals surface area contributed by atoms with E-state index in [-0.39, 0.29) is 0 Å². The van der Waals surface area contributed by atoms with Crippen LogP contribution in [0.15, 0.2) is 12.1 Å². The zero-order valence-corrected chi connectivity index (χ0v) is 13.2. The average molecular weight is 290 g/mol. The van der Waals surface area contributed by atoms with Gasteiger partial charge >= 0.3 is 6.18 Å². The molecule has 0 bridgehead atoms. The van der Waals surface area contributed by atoms with Gasteiger partial charge in [-0.1, -0.05) is 27.7 Å². The molecular weight excluding hydrogens is 265 g/mol. The number of aryl methyl sites for hydroxylation is 1. The van der Waals surface area contributed by atoms with Gasteiger partial charge in [-0.05, 0) is 55.5 Å². The lowest BCUT2D eigenvalue weighted by Crippen LogP contribution is -2.13. The summed E-state index contributed by atoms with van der Waals surface area (Å²) in [7, 11) is 0. The van der Waals surface area contributed by atoms with Gasteiger partial charge < -0.3 is 5.11 Å². The van der Waals surface area contributed by atoms with Crippen LogP contribution in [0.3, 0.4) is 0 Å². The van der Waals surface area contributed by atoms with Gasteiger partial charge in [-0.25, -0.2) is 0 Å². The first-order valence-corrected chi connectivity index (χ1v) is 7.15. The molecule has 116 valence electrons. The second-order valence-corrected chi connectivity index (χ2v) is 4.50. The lowest BCUT2D eigenvalue weighted by atomic mass is 9.94. The number of halogens is 3. The van der Waals surface area contributed by atoms with Crippen LogP contribution in [0, 0.1) is 13.8 Å². The summed E-state index contributed by atoms with van der Waals surface area (Å²) >= 11 is 0. The molecule has 0 aliphatic heterocycles. The van der Waals surface area contributed by atoms with Crippen LogP contribution in [0.25, 0.3) is 0 Å². The molecule has 4 heteroatoms. The van der Waals surface area contributed by atoms with Crippen molar-refractivity contribution in [1.29, 1.82) is 0 Å². The molecule has 0 unspecified atom stereocenters. The Balaban J connectivity index is 0.000000829. The van der Waals surface area contributed by atoms with Crippen molar-refractivity contribution in [3.05, 3.63) is 34.4 Å². The quantitative estimate of drug-likeness (QED) is 0.738. The molecule has 20 heavy (non-hydrogen) atoms. The normalized spacial score (nSPS) is 15.5. The van der Waals surface area contributed by atoms with Gasteiger partial charge in [-0.15, -0.1) is 0 Å². The fourth-order valence-corrected chi connectivity index (χ4v) is 1.89. The van der Waals surface area contributed by atoms with Crippen molar-refractivity contribution in [3.8, 4) is 0 Å². The van der Waals surface area contributed by atoms with E-state index in [0.29, 0.717) is 24.0 Å². The smallest absolute Gasteiger partial charge is 0.385 e. The van der Waals surface area contributed by atoms with Gasteiger partial charge in [0.1, 0.15) is 0 Å². The molecule has 1 aromatic rings. The van der Waals surface area contributed by atoms with Crippen LogP contribution in [0.2, 0.25) is 0 Å². The number of rotatable bonds is 1. The van der Waals surface area contributed by atoms with Crippen LogP contribution in [0.4, 0.5) is 13.2 Å². The third kappa shape index (κ3) is 4.23. The largest absolute Gasteiger partial charge is 0.416 e. The maximum Gasteiger partial charge on any atom is 0.416 e. The van der Waals surface area contributed by atoms with Crippen molar-refractivity contribution in [2.75, 3.05) is 0 Å². The van der Waals surface area contributed by atoms with Crippen LogP contribution >= 0.6 is 0 Å². The zero-order chi connectivity index (χ0) is 16.1. The lowest BCUT2D eigenvalue weighted by molar-refractivity contribution is -0.137. The van der Waals surface area contributed by atoms with Crippen molar-refractivity contribution in [2.24, 2.45) is 0 Å². The Hall–Kier alpha value is -1.03. The molecule has 0 atom stereocenters. The Kier molecular flexibility index (Phi) is 6.75. The minimum absolute atomic E-state index is 0.430. The fourth-order valence-electron chi connectivity index (χ4n) is 1.89. The highest BCUT2D eigenvalue weighted by atomic mass is 19.4. The number of hydrogen-bond donors (Lipinski definition) is 1. The highest BCUT2D eigenvalue weighted by Crippen LogP contribution is 2.48. The van der Waals surface area contributed by atoms with Crippen LogP contribution in [0.5, 0.6) is 0 Å². The van der Waals surface area contributed by atoms with Gasteiger partial charge in [-0.3, -0.25) is 0 Å². The van der Waals surface area contributed by atoms with Gasteiger partial charge in [0.15, 0.2) is 0 Å². The van der Waals surface area contributed by atoms with E-state index in [1.807, 2.05) is 27.7 Å². The van der Waals surface area contributed by atoms with Crippen molar-refractivity contribution in [3.63, 3.8) is 0 Å². The van der Waals surface area contributed by atoms with Gasteiger partial charge in [0.25, 0.3) is 0 Å². The molecule has 0 saturated heterocycles. The summed E-state index contributed by atoms with van der Waals surface area (Å²) in [5, 5.41) is 9.93. The van der Waals surface area contributed by atoms with E-state index in [0.717, 1.165) is 17.7 Å². The Bertz CT molecular complexity index is 432. The molecule has 0 spiro atoms. The van der Waals surface area contributed by atoms with Gasteiger partial charge in [0, 0.05) is 0 Å². The van der Waals surface area contributed by atoms with E-state index in [1.165, 1.54) is 0 Å². The third-order valence-electron chi connectivity index (χ3n) is 3.22. The van der Waals surface area contributed by atoms with Crippen molar-refractivity contribution in [1.82, 2.24) is 0 Å². The first-order valence-electron chi connectivity index (χ1n) is 7.15. The predicted octanol–water partition coefficient (Wildman–Crippen LogP) is 5.36. The summed E-state index contributed by atoms with van der Waals surface area (Å²) in [5.41, 5.74) is 0.0692. The van der Waals surface area contributed by atoms with Gasteiger partial charge in [0.2, 0.25) is 0 Å². The molecule has 1 fully saturated rings. The summed E-state index contributed by atoms with van der Waals surface area (Å²) in [6.07, 6.45) is -3.25. The Morgan fingerprint density at radius 3 is 1.80 bits per heavy atom. The van der Waals surface area contributed by atoms with E-state index in [4.69, 9.17) is 0 Å². The molecule has 1 aromatic carbocycles.